The number of fused-ring (bicyclic) bond motifs is 1. The van der Waals surface area contributed by atoms with E-state index in [0.717, 1.165) is 16.1 Å². The van der Waals surface area contributed by atoms with Crippen LogP contribution < -0.4 is 11.4 Å². The fourth-order valence-corrected chi connectivity index (χ4v) is 4.10. The molecule has 0 radical (unpaired) electrons. The number of imidazole rings is 1. The van der Waals surface area contributed by atoms with E-state index in [4.69, 9.17) is 15.2 Å². The number of hydrogen-bond donors (Lipinski definition) is 1. The van der Waals surface area contributed by atoms with E-state index in [1.165, 1.54) is 13.3 Å². The predicted octanol–water partition coefficient (Wildman–Crippen LogP) is 1.30. The Bertz CT molecular complexity index is 1160. The van der Waals surface area contributed by atoms with Crippen LogP contribution in [0.25, 0.3) is 11.2 Å². The fourth-order valence-electron chi connectivity index (χ4n) is 4.10. The number of carbonyl (C=O) groups excluding carboxylic acids is 2. The summed E-state index contributed by atoms with van der Waals surface area (Å²) in [5, 5.41) is 0. The molecule has 0 aromatic carbocycles. The maximum absolute atomic E-state index is 13.6. The molecular weight excluding hydrogens is 451 g/mol. The molecule has 0 amide bonds. The number of hydrogen-bond acceptors (Lipinski definition) is 9. The maximum Gasteiger partial charge on any atom is 0.396 e. The molecule has 2 aliphatic rings. The first-order valence-corrected chi connectivity index (χ1v) is 10.2. The zero-order valence-electron chi connectivity index (χ0n) is 17.8. The van der Waals surface area contributed by atoms with E-state index in [2.05, 4.69) is 14.7 Å². The fraction of sp³-hybridized carbons (Fsp3) is 0.632. The molecule has 2 fully saturated rings. The predicted molar refractivity (Wildman–Crippen MR) is 105 cm³/mol. The van der Waals surface area contributed by atoms with Crippen LogP contribution in [0.3, 0.4) is 0 Å². The molecule has 180 valence electrons. The molecule has 2 N–H and O–H groups in total. The molecule has 3 atom stereocenters. The van der Waals surface area contributed by atoms with Crippen molar-refractivity contribution in [3.05, 3.63) is 16.7 Å². The van der Waals surface area contributed by atoms with Crippen LogP contribution in [-0.4, -0.2) is 56.5 Å². The van der Waals surface area contributed by atoms with Gasteiger partial charge in [-0.05, 0) is 12.8 Å². The monoisotopic (exact) mass is 473 g/mol. The number of methoxy groups -OCH3 is 1. The van der Waals surface area contributed by atoms with E-state index >= 15 is 0 Å². The van der Waals surface area contributed by atoms with Gasteiger partial charge in [-0.15, -0.1) is 0 Å². The van der Waals surface area contributed by atoms with Gasteiger partial charge in [-0.3, -0.25) is 14.2 Å². The molecule has 14 heteroatoms. The van der Waals surface area contributed by atoms with Gasteiger partial charge in [-0.1, -0.05) is 0 Å². The minimum absolute atomic E-state index is 0.0336. The first-order valence-electron chi connectivity index (χ1n) is 10.2. The van der Waals surface area contributed by atoms with E-state index in [1.54, 1.807) is 0 Å². The minimum Gasteiger partial charge on any atom is -0.469 e. The van der Waals surface area contributed by atoms with Crippen molar-refractivity contribution in [1.82, 2.24) is 19.1 Å². The van der Waals surface area contributed by atoms with Crippen LogP contribution in [0.15, 0.2) is 11.0 Å². The molecular formula is C19H22F3N5O6. The van der Waals surface area contributed by atoms with Crippen molar-refractivity contribution < 1.29 is 37.0 Å². The van der Waals surface area contributed by atoms with Gasteiger partial charge in [0.25, 0.3) is 0 Å². The summed E-state index contributed by atoms with van der Waals surface area (Å²) in [5.41, 5.74) is 2.78. The van der Waals surface area contributed by atoms with Crippen LogP contribution >= 0.6 is 0 Å². The number of nitrogen functional groups attached to an aromatic ring is 1. The average Bonchev–Trinajstić information content (AvgIpc) is 3.36. The van der Waals surface area contributed by atoms with Crippen molar-refractivity contribution in [2.24, 2.45) is 5.41 Å². The summed E-state index contributed by atoms with van der Waals surface area (Å²) < 4.78 is 58.5. The molecule has 2 aromatic rings. The third-order valence-electron chi connectivity index (χ3n) is 5.98. The van der Waals surface area contributed by atoms with E-state index in [9.17, 15) is 27.6 Å². The first-order chi connectivity index (χ1) is 15.5. The van der Waals surface area contributed by atoms with Crippen LogP contribution in [0.1, 0.15) is 38.8 Å². The number of aromatic nitrogens is 4. The van der Waals surface area contributed by atoms with Crippen LogP contribution in [0, 0.1) is 5.41 Å². The normalized spacial score (nSPS) is 24.1. The Morgan fingerprint density at radius 1 is 1.36 bits per heavy atom. The highest BCUT2D eigenvalue weighted by Crippen LogP contribution is 2.58. The molecule has 0 unspecified atom stereocenters. The number of anilines is 1. The second-order valence-corrected chi connectivity index (χ2v) is 8.27. The summed E-state index contributed by atoms with van der Waals surface area (Å²) >= 11 is 0. The molecule has 1 aliphatic heterocycles. The summed E-state index contributed by atoms with van der Waals surface area (Å²) in [6, 6.07) is 0. The van der Waals surface area contributed by atoms with Gasteiger partial charge in [0, 0.05) is 19.9 Å². The van der Waals surface area contributed by atoms with Gasteiger partial charge in [-0.25, -0.2) is 14.3 Å². The standard InChI is InChI=1S/C19H22F3N5O6/c1-9(28)32-12-5-10(6-13(29)31-2)33-15(12)27-14-11(7-24-16(23)25-14)26(17(27)30)8-18(3-4-18)19(20,21)22/h7,10,12,15H,3-6,8H2,1-2H3,(H2,23,24,25)/t10-,12+,15+/m0/s1. The SMILES string of the molecule is COC(=O)C[C@@H]1C[C@@H](OC(C)=O)[C@H](n2c(=O)n(CC3(C(F)(F)F)CC3)c3cnc(N)nc32)O1. The van der Waals surface area contributed by atoms with Crippen LogP contribution in [0.4, 0.5) is 19.1 Å². The van der Waals surface area contributed by atoms with Crippen LogP contribution in [0.5, 0.6) is 0 Å². The Morgan fingerprint density at radius 2 is 2.06 bits per heavy atom. The molecule has 0 spiro atoms. The van der Waals surface area contributed by atoms with Crippen LogP contribution in [0.2, 0.25) is 0 Å². The van der Waals surface area contributed by atoms with Gasteiger partial charge in [0.2, 0.25) is 5.95 Å². The smallest absolute Gasteiger partial charge is 0.396 e. The van der Waals surface area contributed by atoms with E-state index in [1.807, 2.05) is 0 Å². The summed E-state index contributed by atoms with van der Waals surface area (Å²) in [7, 11) is 1.20. The lowest BCUT2D eigenvalue weighted by atomic mass is 10.1. The topological polar surface area (TPSA) is 141 Å². The zero-order valence-corrected chi connectivity index (χ0v) is 17.8. The largest absolute Gasteiger partial charge is 0.469 e. The lowest BCUT2D eigenvalue weighted by Crippen LogP contribution is -2.37. The van der Waals surface area contributed by atoms with Crippen LogP contribution in [-0.2, 0) is 30.3 Å². The van der Waals surface area contributed by atoms with Gasteiger partial charge in [0.05, 0.1) is 31.2 Å². The zero-order chi connectivity index (χ0) is 24.1. The second-order valence-electron chi connectivity index (χ2n) is 8.27. The van der Waals surface area contributed by atoms with Gasteiger partial charge in [-0.2, -0.15) is 18.2 Å². The van der Waals surface area contributed by atoms with Crippen molar-refractivity contribution in [3.8, 4) is 0 Å². The first kappa shape index (κ1) is 23.0. The third-order valence-corrected chi connectivity index (χ3v) is 5.98. The number of ether oxygens (including phenoxy) is 3. The summed E-state index contributed by atoms with van der Waals surface area (Å²) in [6.45, 7) is 0.541. The molecule has 1 saturated carbocycles. The van der Waals surface area contributed by atoms with E-state index < -0.39 is 54.2 Å². The number of alkyl halides is 3. The highest BCUT2D eigenvalue weighted by molar-refractivity contribution is 5.72. The van der Waals surface area contributed by atoms with Crippen molar-refractivity contribution >= 4 is 29.1 Å². The molecule has 0 bridgehead atoms. The Kier molecular flexibility index (Phi) is 5.58. The molecule has 4 rings (SSSR count). The highest BCUT2D eigenvalue weighted by atomic mass is 19.4. The Hall–Kier alpha value is -3.16. The number of nitrogens with zero attached hydrogens (tertiary/aromatic N) is 4. The van der Waals surface area contributed by atoms with Crippen molar-refractivity contribution in [2.75, 3.05) is 12.8 Å². The van der Waals surface area contributed by atoms with Gasteiger partial charge < -0.3 is 19.9 Å². The Morgan fingerprint density at radius 3 is 2.64 bits per heavy atom. The highest BCUT2D eigenvalue weighted by Gasteiger charge is 2.63. The van der Waals surface area contributed by atoms with Crippen molar-refractivity contribution in [3.63, 3.8) is 0 Å². The molecule has 1 saturated heterocycles. The van der Waals surface area contributed by atoms with Gasteiger partial charge >= 0.3 is 23.8 Å². The van der Waals surface area contributed by atoms with Crippen molar-refractivity contribution in [1.29, 1.82) is 0 Å². The molecule has 3 heterocycles. The van der Waals surface area contributed by atoms with Crippen molar-refractivity contribution in [2.45, 2.75) is 63.8 Å². The number of carbonyl (C=O) groups is 2. The number of nitrogens with two attached hydrogens (primary N) is 1. The van der Waals surface area contributed by atoms with Gasteiger partial charge in [0.1, 0.15) is 11.6 Å². The quantitative estimate of drug-likeness (QED) is 0.615. The third kappa shape index (κ3) is 4.14. The second kappa shape index (κ2) is 8.01. The summed E-state index contributed by atoms with van der Waals surface area (Å²) in [4.78, 5) is 44.6. The number of halogens is 3. The number of rotatable bonds is 6. The molecule has 2 aromatic heterocycles. The minimum atomic E-state index is -4.49. The van der Waals surface area contributed by atoms with E-state index in [0.29, 0.717) is 0 Å². The Labute approximate surface area is 184 Å². The van der Waals surface area contributed by atoms with Gasteiger partial charge in [0.15, 0.2) is 11.9 Å². The lowest BCUT2D eigenvalue weighted by molar-refractivity contribution is -0.190. The molecule has 11 nitrogen and oxygen atoms in total. The molecule has 33 heavy (non-hydrogen) atoms. The summed E-state index contributed by atoms with van der Waals surface area (Å²) in [6.07, 6.45) is -6.66. The number of esters is 2. The maximum atomic E-state index is 13.6. The lowest BCUT2D eigenvalue weighted by Gasteiger charge is -2.20. The summed E-state index contributed by atoms with van der Waals surface area (Å²) in [5.74, 6) is -1.45. The Balaban J connectivity index is 1.80. The molecule has 1 aliphatic carbocycles. The average molecular weight is 473 g/mol. The van der Waals surface area contributed by atoms with E-state index in [-0.39, 0.29) is 42.8 Å².